The third kappa shape index (κ3) is 7.10. The molecule has 0 saturated heterocycles. The minimum atomic E-state index is -0.966. The van der Waals surface area contributed by atoms with E-state index in [2.05, 4.69) is 15.6 Å². The third-order valence-electron chi connectivity index (χ3n) is 4.98. The Labute approximate surface area is 206 Å². The maximum Gasteiger partial charge on any atom is 0.329 e. The molecular formula is C25H26FN3O5S. The summed E-state index contributed by atoms with van der Waals surface area (Å²) < 4.78 is 24.5. The maximum atomic E-state index is 13.9. The lowest BCUT2D eigenvalue weighted by atomic mass is 10.0. The summed E-state index contributed by atoms with van der Waals surface area (Å²) in [6.45, 7) is 3.37. The number of para-hydroxylation sites is 2. The summed E-state index contributed by atoms with van der Waals surface area (Å²) in [7, 11) is 1.52. The SMILES string of the molecule is COc1ccccc1NC(=O)Cc1nc(COC(=O)[C@@H](NC(=O)c2ccccc2F)C(C)C)cs1. The second kappa shape index (κ2) is 12.1. The van der Waals surface area contributed by atoms with Crippen molar-refractivity contribution in [2.75, 3.05) is 12.4 Å². The van der Waals surface area contributed by atoms with E-state index < -0.39 is 23.7 Å². The molecule has 184 valence electrons. The van der Waals surface area contributed by atoms with Crippen LogP contribution in [-0.2, 0) is 27.4 Å². The van der Waals surface area contributed by atoms with Gasteiger partial charge >= 0.3 is 5.97 Å². The van der Waals surface area contributed by atoms with Gasteiger partial charge in [-0.15, -0.1) is 11.3 Å². The Kier molecular flexibility index (Phi) is 8.91. The first-order valence-corrected chi connectivity index (χ1v) is 11.7. The number of thiazole rings is 1. The van der Waals surface area contributed by atoms with Crippen molar-refractivity contribution in [3.05, 3.63) is 76.0 Å². The Morgan fingerprint density at radius 3 is 2.51 bits per heavy atom. The number of nitrogens with one attached hydrogen (secondary N) is 2. The van der Waals surface area contributed by atoms with Gasteiger partial charge in [-0.25, -0.2) is 14.2 Å². The number of amides is 2. The van der Waals surface area contributed by atoms with Crippen LogP contribution in [0, 0.1) is 11.7 Å². The summed E-state index contributed by atoms with van der Waals surface area (Å²) in [5, 5.41) is 7.57. The Hall–Kier alpha value is -3.79. The number of aromatic nitrogens is 1. The standard InChI is InChI=1S/C25H26FN3O5S/c1-15(2)23(29-24(31)17-8-4-5-9-18(17)26)25(32)34-13-16-14-35-22(27-16)12-21(30)28-19-10-6-7-11-20(19)33-3/h4-11,14-15,23H,12-13H2,1-3H3,(H,28,30)(H,29,31)/t23-/m0/s1. The molecule has 0 aliphatic heterocycles. The molecule has 3 rings (SSSR count). The van der Waals surface area contributed by atoms with E-state index >= 15 is 0 Å². The fraction of sp³-hybridized carbons (Fsp3) is 0.280. The van der Waals surface area contributed by atoms with Gasteiger partial charge in [-0.3, -0.25) is 9.59 Å². The summed E-state index contributed by atoms with van der Waals surface area (Å²) >= 11 is 1.27. The number of rotatable bonds is 10. The summed E-state index contributed by atoms with van der Waals surface area (Å²) in [5.74, 6) is -2.03. The van der Waals surface area contributed by atoms with Gasteiger partial charge in [-0.1, -0.05) is 38.1 Å². The highest BCUT2D eigenvalue weighted by Crippen LogP contribution is 2.23. The van der Waals surface area contributed by atoms with Crippen LogP contribution in [0.2, 0.25) is 0 Å². The van der Waals surface area contributed by atoms with Crippen LogP contribution in [0.25, 0.3) is 0 Å². The summed E-state index contributed by atoms with van der Waals surface area (Å²) in [5.41, 5.74) is 0.885. The van der Waals surface area contributed by atoms with Gasteiger partial charge in [-0.2, -0.15) is 0 Å². The van der Waals surface area contributed by atoms with Crippen LogP contribution < -0.4 is 15.4 Å². The van der Waals surface area contributed by atoms with Gasteiger partial charge in [0.1, 0.15) is 29.2 Å². The van der Waals surface area contributed by atoms with Gasteiger partial charge in [0.15, 0.2) is 0 Å². The molecule has 1 aromatic heterocycles. The molecule has 3 aromatic rings. The second-order valence-corrected chi connectivity index (χ2v) is 8.88. The molecule has 2 amide bonds. The first-order valence-electron chi connectivity index (χ1n) is 10.9. The summed E-state index contributed by atoms with van der Waals surface area (Å²) in [4.78, 5) is 41.8. The van der Waals surface area contributed by atoms with Gasteiger partial charge in [0.05, 0.1) is 30.5 Å². The van der Waals surface area contributed by atoms with Gasteiger partial charge < -0.3 is 20.1 Å². The molecule has 0 spiro atoms. The first-order chi connectivity index (χ1) is 16.8. The zero-order valence-electron chi connectivity index (χ0n) is 19.5. The van der Waals surface area contributed by atoms with Gasteiger partial charge in [-0.05, 0) is 30.2 Å². The average Bonchev–Trinajstić information content (AvgIpc) is 3.28. The summed E-state index contributed by atoms with van der Waals surface area (Å²) in [6, 6.07) is 11.6. The highest BCUT2D eigenvalue weighted by Gasteiger charge is 2.27. The third-order valence-corrected chi connectivity index (χ3v) is 5.88. The van der Waals surface area contributed by atoms with Crippen LogP contribution in [0.1, 0.15) is 34.9 Å². The van der Waals surface area contributed by atoms with Crippen LogP contribution in [-0.4, -0.2) is 35.9 Å². The number of hydrogen-bond acceptors (Lipinski definition) is 7. The van der Waals surface area contributed by atoms with E-state index in [9.17, 15) is 18.8 Å². The number of hydrogen-bond donors (Lipinski definition) is 2. The van der Waals surface area contributed by atoms with Gasteiger partial charge in [0.2, 0.25) is 5.91 Å². The molecule has 2 aromatic carbocycles. The van der Waals surface area contributed by atoms with Crippen molar-refractivity contribution in [2.45, 2.75) is 32.9 Å². The average molecular weight is 500 g/mol. The Morgan fingerprint density at radius 2 is 1.80 bits per heavy atom. The number of methoxy groups -OCH3 is 1. The smallest absolute Gasteiger partial charge is 0.329 e. The van der Waals surface area contributed by atoms with Crippen molar-refractivity contribution in [1.82, 2.24) is 10.3 Å². The van der Waals surface area contributed by atoms with Crippen LogP contribution in [0.15, 0.2) is 53.9 Å². The normalized spacial score (nSPS) is 11.6. The summed E-state index contributed by atoms with van der Waals surface area (Å²) in [6.07, 6.45) is 0.0456. The fourth-order valence-corrected chi connectivity index (χ4v) is 3.95. The lowest BCUT2D eigenvalue weighted by Gasteiger charge is -2.20. The highest BCUT2D eigenvalue weighted by atomic mass is 32.1. The lowest BCUT2D eigenvalue weighted by Crippen LogP contribution is -2.45. The zero-order chi connectivity index (χ0) is 25.4. The Bertz CT molecular complexity index is 1200. The predicted molar refractivity (Wildman–Crippen MR) is 130 cm³/mol. The van der Waals surface area contributed by atoms with Crippen molar-refractivity contribution < 1.29 is 28.2 Å². The van der Waals surface area contributed by atoms with E-state index in [0.29, 0.717) is 22.1 Å². The molecule has 0 bridgehead atoms. The van der Waals surface area contributed by atoms with E-state index in [-0.39, 0.29) is 30.4 Å². The number of halogens is 1. The van der Waals surface area contributed by atoms with E-state index in [1.165, 1.54) is 42.7 Å². The van der Waals surface area contributed by atoms with Crippen LogP contribution >= 0.6 is 11.3 Å². The predicted octanol–water partition coefficient (Wildman–Crippen LogP) is 3.97. The molecule has 0 saturated carbocycles. The first kappa shape index (κ1) is 25.8. The van der Waals surface area contributed by atoms with Crippen molar-refractivity contribution in [2.24, 2.45) is 5.92 Å². The molecule has 2 N–H and O–H groups in total. The number of nitrogens with zero attached hydrogens (tertiary/aromatic N) is 1. The molecule has 10 heteroatoms. The van der Waals surface area contributed by atoms with Crippen LogP contribution in [0.3, 0.4) is 0 Å². The van der Waals surface area contributed by atoms with Crippen molar-refractivity contribution in [3.8, 4) is 5.75 Å². The monoisotopic (exact) mass is 499 g/mol. The van der Waals surface area contributed by atoms with E-state index in [0.717, 1.165) is 0 Å². The maximum absolute atomic E-state index is 13.9. The number of ether oxygens (including phenoxy) is 2. The van der Waals surface area contributed by atoms with Gasteiger partial charge in [0, 0.05) is 5.38 Å². The largest absolute Gasteiger partial charge is 0.495 e. The molecular weight excluding hydrogens is 473 g/mol. The Balaban J connectivity index is 1.54. The molecule has 0 aliphatic carbocycles. The van der Waals surface area contributed by atoms with Crippen molar-refractivity contribution in [1.29, 1.82) is 0 Å². The number of carbonyl (C=O) groups is 3. The van der Waals surface area contributed by atoms with Crippen molar-refractivity contribution in [3.63, 3.8) is 0 Å². The second-order valence-electron chi connectivity index (χ2n) is 7.94. The van der Waals surface area contributed by atoms with Crippen molar-refractivity contribution >= 4 is 34.8 Å². The molecule has 0 radical (unpaired) electrons. The highest BCUT2D eigenvalue weighted by molar-refractivity contribution is 7.09. The molecule has 1 atom stereocenters. The molecule has 8 nitrogen and oxygen atoms in total. The molecule has 0 unspecified atom stereocenters. The fourth-order valence-electron chi connectivity index (χ4n) is 3.17. The molecule has 0 fully saturated rings. The number of esters is 1. The lowest BCUT2D eigenvalue weighted by molar-refractivity contribution is -0.148. The molecule has 35 heavy (non-hydrogen) atoms. The van der Waals surface area contributed by atoms with Crippen LogP contribution in [0.4, 0.5) is 10.1 Å². The van der Waals surface area contributed by atoms with Crippen LogP contribution in [0.5, 0.6) is 5.75 Å². The van der Waals surface area contributed by atoms with E-state index in [4.69, 9.17) is 9.47 Å². The Morgan fingerprint density at radius 1 is 1.09 bits per heavy atom. The zero-order valence-corrected chi connectivity index (χ0v) is 20.4. The van der Waals surface area contributed by atoms with E-state index in [1.807, 2.05) is 0 Å². The topological polar surface area (TPSA) is 107 Å². The molecule has 1 heterocycles. The minimum Gasteiger partial charge on any atom is -0.495 e. The van der Waals surface area contributed by atoms with Gasteiger partial charge in [0.25, 0.3) is 5.91 Å². The molecule has 0 aliphatic rings. The number of anilines is 1. The quantitative estimate of drug-likeness (QED) is 0.409. The number of carbonyl (C=O) groups excluding carboxylic acids is 3. The number of benzene rings is 2. The minimum absolute atomic E-state index is 0.0456. The van der Waals surface area contributed by atoms with E-state index in [1.54, 1.807) is 43.5 Å².